The average Bonchev–Trinajstić information content (AvgIpc) is 2.90. The standard InChI is InChI=1S/C17H17Cl2N3O/c1-16(10-17(16,18)19)15(23)22-7-4-11(5-8-22)13-9-21-14-12(13)3-2-6-20-14/h2-4,6,9H,5,7-8,10H2,1H3,(H,20,21)/t16-/m1/s1. The van der Waals surface area contributed by atoms with Crippen molar-refractivity contribution < 1.29 is 4.79 Å². The molecule has 0 spiro atoms. The van der Waals surface area contributed by atoms with Gasteiger partial charge in [-0.25, -0.2) is 4.98 Å². The lowest BCUT2D eigenvalue weighted by Gasteiger charge is -2.29. The lowest BCUT2D eigenvalue weighted by molar-refractivity contribution is -0.136. The summed E-state index contributed by atoms with van der Waals surface area (Å²) in [5, 5.41) is 1.12. The van der Waals surface area contributed by atoms with Gasteiger partial charge < -0.3 is 9.88 Å². The number of H-pyrrole nitrogens is 1. The monoisotopic (exact) mass is 349 g/mol. The van der Waals surface area contributed by atoms with E-state index in [1.165, 1.54) is 11.1 Å². The summed E-state index contributed by atoms with van der Waals surface area (Å²) in [5.41, 5.74) is 2.67. The Morgan fingerprint density at radius 3 is 2.87 bits per heavy atom. The van der Waals surface area contributed by atoms with Crippen molar-refractivity contribution >= 4 is 45.7 Å². The molecular weight excluding hydrogens is 333 g/mol. The quantitative estimate of drug-likeness (QED) is 0.839. The Morgan fingerprint density at radius 1 is 1.43 bits per heavy atom. The number of rotatable bonds is 2. The van der Waals surface area contributed by atoms with Gasteiger partial charge in [-0.15, -0.1) is 23.2 Å². The Labute approximate surface area is 144 Å². The molecule has 0 bridgehead atoms. The smallest absolute Gasteiger partial charge is 0.231 e. The van der Waals surface area contributed by atoms with Crippen molar-refractivity contribution in [2.45, 2.75) is 24.1 Å². The largest absolute Gasteiger partial charge is 0.346 e. The first-order chi connectivity index (χ1) is 10.9. The van der Waals surface area contributed by atoms with Crippen LogP contribution in [0.25, 0.3) is 16.6 Å². The number of halogens is 2. The van der Waals surface area contributed by atoms with E-state index in [1.54, 1.807) is 6.20 Å². The van der Waals surface area contributed by atoms with Crippen molar-refractivity contribution in [3.05, 3.63) is 36.2 Å². The van der Waals surface area contributed by atoms with Gasteiger partial charge in [0.1, 0.15) is 9.98 Å². The molecule has 0 saturated heterocycles. The summed E-state index contributed by atoms with van der Waals surface area (Å²) < 4.78 is -0.906. The number of hydrogen-bond donors (Lipinski definition) is 1. The number of hydrogen-bond acceptors (Lipinski definition) is 2. The molecule has 6 heteroatoms. The summed E-state index contributed by atoms with van der Waals surface area (Å²) >= 11 is 12.3. The number of aromatic nitrogens is 2. The van der Waals surface area contributed by atoms with Gasteiger partial charge in [0.15, 0.2) is 0 Å². The summed E-state index contributed by atoms with van der Waals surface area (Å²) in [6, 6.07) is 4.00. The van der Waals surface area contributed by atoms with E-state index in [-0.39, 0.29) is 5.91 Å². The van der Waals surface area contributed by atoms with Crippen LogP contribution in [0.2, 0.25) is 0 Å². The number of carbonyl (C=O) groups is 1. The Bertz CT molecular complexity index is 826. The highest BCUT2D eigenvalue weighted by Gasteiger charge is 2.68. The van der Waals surface area contributed by atoms with Crippen LogP contribution in [-0.4, -0.2) is 38.2 Å². The SMILES string of the molecule is C[C@]1(C(=O)N2CC=C(c3c[nH]c4ncccc34)CC2)CC1(Cl)Cl. The van der Waals surface area contributed by atoms with E-state index in [9.17, 15) is 4.79 Å². The third kappa shape index (κ3) is 2.27. The molecule has 4 rings (SSSR count). The number of aromatic amines is 1. The van der Waals surface area contributed by atoms with Gasteiger partial charge in [-0.3, -0.25) is 4.79 Å². The van der Waals surface area contributed by atoms with Gasteiger partial charge in [-0.1, -0.05) is 6.08 Å². The Morgan fingerprint density at radius 2 is 2.22 bits per heavy atom. The van der Waals surface area contributed by atoms with Crippen LogP contribution in [0.15, 0.2) is 30.6 Å². The summed E-state index contributed by atoms with van der Waals surface area (Å²) in [4.78, 5) is 22.0. The summed E-state index contributed by atoms with van der Waals surface area (Å²) in [6.07, 6.45) is 7.24. The van der Waals surface area contributed by atoms with Gasteiger partial charge >= 0.3 is 0 Å². The minimum atomic E-state index is -0.906. The first-order valence-electron chi connectivity index (χ1n) is 7.71. The first-order valence-corrected chi connectivity index (χ1v) is 8.47. The molecule has 0 unspecified atom stereocenters. The van der Waals surface area contributed by atoms with Gasteiger partial charge in [-0.05, 0) is 37.5 Å². The molecule has 1 N–H and O–H groups in total. The van der Waals surface area contributed by atoms with Crippen LogP contribution in [0, 0.1) is 5.41 Å². The highest BCUT2D eigenvalue weighted by molar-refractivity contribution is 6.53. The van der Waals surface area contributed by atoms with Crippen molar-refractivity contribution in [3.8, 4) is 0 Å². The van der Waals surface area contributed by atoms with Crippen molar-refractivity contribution in [1.29, 1.82) is 0 Å². The first kappa shape index (κ1) is 15.0. The average molecular weight is 350 g/mol. The lowest BCUT2D eigenvalue weighted by atomic mass is 9.98. The Balaban J connectivity index is 1.55. The number of nitrogens with zero attached hydrogens (tertiary/aromatic N) is 2. The molecule has 4 nitrogen and oxygen atoms in total. The fraction of sp³-hybridized carbons (Fsp3) is 0.412. The maximum absolute atomic E-state index is 12.6. The second kappa shape index (κ2) is 4.99. The maximum Gasteiger partial charge on any atom is 0.231 e. The number of amides is 1. The van der Waals surface area contributed by atoms with E-state index in [4.69, 9.17) is 23.2 Å². The molecule has 3 heterocycles. The molecule has 2 aromatic heterocycles. The Hall–Kier alpha value is -1.52. The van der Waals surface area contributed by atoms with Crippen LogP contribution in [0.4, 0.5) is 0 Å². The fourth-order valence-electron chi connectivity index (χ4n) is 3.30. The van der Waals surface area contributed by atoms with Crippen LogP contribution < -0.4 is 0 Å². The van der Waals surface area contributed by atoms with E-state index in [2.05, 4.69) is 22.1 Å². The van der Waals surface area contributed by atoms with Gasteiger partial charge in [0, 0.05) is 36.4 Å². The van der Waals surface area contributed by atoms with Crippen molar-refractivity contribution in [1.82, 2.24) is 14.9 Å². The number of carbonyl (C=O) groups excluding carboxylic acids is 1. The van der Waals surface area contributed by atoms with Crippen LogP contribution in [0.5, 0.6) is 0 Å². The maximum atomic E-state index is 12.6. The predicted molar refractivity (Wildman–Crippen MR) is 92.4 cm³/mol. The third-order valence-corrected chi connectivity index (χ3v) is 6.12. The summed E-state index contributed by atoms with van der Waals surface area (Å²) in [5.74, 6) is 0.0541. The molecule has 0 radical (unpaired) electrons. The molecule has 120 valence electrons. The molecule has 1 amide bonds. The van der Waals surface area contributed by atoms with Gasteiger partial charge in [-0.2, -0.15) is 0 Å². The molecule has 0 aromatic carbocycles. The van der Waals surface area contributed by atoms with Crippen LogP contribution in [0.1, 0.15) is 25.3 Å². The fourth-order valence-corrected chi connectivity index (χ4v) is 4.00. The zero-order valence-electron chi connectivity index (χ0n) is 12.8. The molecule has 2 aromatic rings. The molecule has 1 aliphatic heterocycles. The van der Waals surface area contributed by atoms with Gasteiger partial charge in [0.2, 0.25) is 5.91 Å². The van der Waals surface area contributed by atoms with Crippen LogP contribution >= 0.6 is 23.2 Å². The third-order valence-electron chi connectivity index (χ3n) is 5.02. The number of fused-ring (bicyclic) bond motifs is 1. The molecule has 1 atom stereocenters. The zero-order valence-corrected chi connectivity index (χ0v) is 14.3. The summed E-state index contributed by atoms with van der Waals surface area (Å²) in [6.45, 7) is 3.14. The second-order valence-electron chi connectivity index (χ2n) is 6.55. The molecule has 1 fully saturated rings. The number of nitrogens with one attached hydrogen (secondary N) is 1. The lowest BCUT2D eigenvalue weighted by Crippen LogP contribution is -2.40. The predicted octanol–water partition coefficient (Wildman–Crippen LogP) is 3.76. The molecule has 2 aliphatic rings. The van der Waals surface area contributed by atoms with Crippen molar-refractivity contribution in [3.63, 3.8) is 0 Å². The molecule has 1 aliphatic carbocycles. The minimum absolute atomic E-state index is 0.0541. The van der Waals surface area contributed by atoms with E-state index in [0.29, 0.717) is 19.5 Å². The van der Waals surface area contributed by atoms with E-state index in [0.717, 1.165) is 17.5 Å². The van der Waals surface area contributed by atoms with Crippen LogP contribution in [-0.2, 0) is 4.79 Å². The highest BCUT2D eigenvalue weighted by Crippen LogP contribution is 2.64. The zero-order chi connectivity index (χ0) is 16.2. The van der Waals surface area contributed by atoms with Gasteiger partial charge in [0.05, 0.1) is 5.41 Å². The minimum Gasteiger partial charge on any atom is -0.346 e. The number of alkyl halides is 2. The molecule has 1 saturated carbocycles. The normalized spacial score (nSPS) is 26.2. The number of pyridine rings is 1. The van der Waals surface area contributed by atoms with Crippen LogP contribution in [0.3, 0.4) is 0 Å². The van der Waals surface area contributed by atoms with Crippen molar-refractivity contribution in [2.24, 2.45) is 5.41 Å². The highest BCUT2D eigenvalue weighted by atomic mass is 35.5. The van der Waals surface area contributed by atoms with E-state index in [1.807, 2.05) is 24.1 Å². The summed E-state index contributed by atoms with van der Waals surface area (Å²) in [7, 11) is 0. The second-order valence-corrected chi connectivity index (χ2v) is 8.03. The Kier molecular flexibility index (Phi) is 3.26. The van der Waals surface area contributed by atoms with E-state index < -0.39 is 9.75 Å². The molecular formula is C17H17Cl2N3O. The van der Waals surface area contributed by atoms with E-state index >= 15 is 0 Å². The molecule has 23 heavy (non-hydrogen) atoms. The topological polar surface area (TPSA) is 49.0 Å². The van der Waals surface area contributed by atoms with Crippen molar-refractivity contribution in [2.75, 3.05) is 13.1 Å². The van der Waals surface area contributed by atoms with Gasteiger partial charge in [0.25, 0.3) is 0 Å².